The van der Waals surface area contributed by atoms with E-state index in [0.29, 0.717) is 18.7 Å². The summed E-state index contributed by atoms with van der Waals surface area (Å²) in [5.41, 5.74) is 3.17. The van der Waals surface area contributed by atoms with Crippen molar-refractivity contribution in [2.24, 2.45) is 0 Å². The Kier molecular flexibility index (Phi) is 8.07. The van der Waals surface area contributed by atoms with Gasteiger partial charge in [-0.05, 0) is 61.2 Å². The van der Waals surface area contributed by atoms with Gasteiger partial charge in [0.05, 0.1) is 7.11 Å². The summed E-state index contributed by atoms with van der Waals surface area (Å²) in [6.07, 6.45) is 0.505. The molecule has 6 heteroatoms. The highest BCUT2D eigenvalue weighted by atomic mass is 16.5. The summed E-state index contributed by atoms with van der Waals surface area (Å²) >= 11 is 0. The molecule has 0 spiro atoms. The Labute approximate surface area is 172 Å². The van der Waals surface area contributed by atoms with Gasteiger partial charge in [0.15, 0.2) is 6.61 Å². The zero-order valence-corrected chi connectivity index (χ0v) is 17.8. The predicted octanol–water partition coefficient (Wildman–Crippen LogP) is 3.24. The normalized spacial score (nSPS) is 11.5. The Morgan fingerprint density at radius 2 is 1.69 bits per heavy atom. The third kappa shape index (κ3) is 5.98. The van der Waals surface area contributed by atoms with Crippen LogP contribution < -0.4 is 14.8 Å². The van der Waals surface area contributed by atoms with Crippen LogP contribution in [0.15, 0.2) is 42.5 Å². The molecule has 0 saturated heterocycles. The van der Waals surface area contributed by atoms with Gasteiger partial charge in [0.25, 0.3) is 5.91 Å². The van der Waals surface area contributed by atoms with Gasteiger partial charge in [-0.3, -0.25) is 9.59 Å². The van der Waals surface area contributed by atoms with Gasteiger partial charge in [-0.2, -0.15) is 0 Å². The number of carbonyl (C=O) groups is 2. The van der Waals surface area contributed by atoms with E-state index in [4.69, 9.17) is 9.47 Å². The number of benzene rings is 2. The van der Waals surface area contributed by atoms with Gasteiger partial charge in [0.2, 0.25) is 5.91 Å². The second-order valence-electron chi connectivity index (χ2n) is 6.94. The lowest BCUT2D eigenvalue weighted by Crippen LogP contribution is -2.49. The second kappa shape index (κ2) is 10.5. The van der Waals surface area contributed by atoms with E-state index >= 15 is 0 Å². The van der Waals surface area contributed by atoms with Crippen LogP contribution in [-0.4, -0.2) is 43.5 Å². The molecule has 1 atom stereocenters. The minimum absolute atomic E-state index is 0.133. The molecule has 29 heavy (non-hydrogen) atoms. The first-order valence-electron chi connectivity index (χ1n) is 9.73. The smallest absolute Gasteiger partial charge is 0.261 e. The van der Waals surface area contributed by atoms with Crippen molar-refractivity contribution in [2.75, 3.05) is 20.8 Å². The van der Waals surface area contributed by atoms with Crippen molar-refractivity contribution in [3.63, 3.8) is 0 Å². The minimum Gasteiger partial charge on any atom is -0.497 e. The maximum Gasteiger partial charge on any atom is 0.261 e. The van der Waals surface area contributed by atoms with Crippen molar-refractivity contribution < 1.29 is 19.1 Å². The molecule has 0 unspecified atom stereocenters. The molecule has 0 aromatic heterocycles. The maximum atomic E-state index is 13.0. The van der Waals surface area contributed by atoms with Gasteiger partial charge in [0, 0.05) is 13.6 Å². The van der Waals surface area contributed by atoms with Crippen LogP contribution in [0.25, 0.3) is 0 Å². The molecule has 156 valence electrons. The monoisotopic (exact) mass is 398 g/mol. The number of hydrogen-bond acceptors (Lipinski definition) is 4. The zero-order chi connectivity index (χ0) is 21.4. The number of carbonyl (C=O) groups excluding carboxylic acids is 2. The number of methoxy groups -OCH3 is 1. The lowest BCUT2D eigenvalue weighted by atomic mass is 10.1. The highest BCUT2D eigenvalue weighted by Crippen LogP contribution is 2.19. The fraction of sp³-hybridized carbons (Fsp3) is 0.391. The number of ether oxygens (including phenoxy) is 2. The van der Waals surface area contributed by atoms with Crippen LogP contribution in [0.3, 0.4) is 0 Å². The molecule has 2 rings (SSSR count). The highest BCUT2D eigenvalue weighted by Gasteiger charge is 2.28. The Morgan fingerprint density at radius 1 is 1.03 bits per heavy atom. The first-order valence-corrected chi connectivity index (χ1v) is 9.73. The van der Waals surface area contributed by atoms with Crippen LogP contribution in [0.2, 0.25) is 0 Å². The first-order chi connectivity index (χ1) is 13.9. The summed E-state index contributed by atoms with van der Waals surface area (Å²) in [6, 6.07) is 12.6. The summed E-state index contributed by atoms with van der Waals surface area (Å²) in [7, 11) is 3.18. The van der Waals surface area contributed by atoms with Gasteiger partial charge in [-0.25, -0.2) is 0 Å². The lowest BCUT2D eigenvalue weighted by Gasteiger charge is -2.30. The number of hydrogen-bond donors (Lipinski definition) is 1. The molecule has 1 N–H and O–H groups in total. The largest absolute Gasteiger partial charge is 0.497 e. The summed E-state index contributed by atoms with van der Waals surface area (Å²) < 4.78 is 10.9. The Morgan fingerprint density at radius 3 is 2.24 bits per heavy atom. The molecule has 0 fully saturated rings. The average molecular weight is 399 g/mol. The van der Waals surface area contributed by atoms with E-state index in [9.17, 15) is 9.59 Å². The van der Waals surface area contributed by atoms with Gasteiger partial charge in [-0.15, -0.1) is 0 Å². The van der Waals surface area contributed by atoms with Gasteiger partial charge in [0.1, 0.15) is 17.5 Å². The Hall–Kier alpha value is -3.02. The fourth-order valence-electron chi connectivity index (χ4n) is 3.05. The molecule has 0 bridgehead atoms. The van der Waals surface area contributed by atoms with Crippen molar-refractivity contribution in [2.45, 2.75) is 39.8 Å². The molecule has 0 radical (unpaired) electrons. The summed E-state index contributed by atoms with van der Waals surface area (Å²) in [5, 5.41) is 2.65. The molecule has 0 aliphatic carbocycles. The molecule has 0 heterocycles. The van der Waals surface area contributed by atoms with E-state index in [1.165, 1.54) is 0 Å². The van der Waals surface area contributed by atoms with Gasteiger partial charge >= 0.3 is 0 Å². The number of rotatable bonds is 9. The van der Waals surface area contributed by atoms with E-state index in [1.54, 1.807) is 19.1 Å². The molecular weight excluding hydrogens is 368 g/mol. The van der Waals surface area contributed by atoms with E-state index in [2.05, 4.69) is 5.32 Å². The van der Waals surface area contributed by atoms with Crippen LogP contribution >= 0.6 is 0 Å². The molecule has 2 aromatic carbocycles. The number of nitrogens with one attached hydrogen (secondary N) is 1. The van der Waals surface area contributed by atoms with E-state index in [1.807, 2.05) is 63.2 Å². The third-order valence-electron chi connectivity index (χ3n) is 4.98. The molecule has 2 aromatic rings. The van der Waals surface area contributed by atoms with Crippen LogP contribution in [0, 0.1) is 13.8 Å². The van der Waals surface area contributed by atoms with E-state index in [0.717, 1.165) is 22.4 Å². The quantitative estimate of drug-likeness (QED) is 0.704. The number of amides is 2. The molecule has 6 nitrogen and oxygen atoms in total. The number of likely N-dealkylation sites (N-methyl/N-ethyl adjacent to an activating group) is 1. The highest BCUT2D eigenvalue weighted by molar-refractivity contribution is 5.88. The molecule has 0 aliphatic rings. The lowest BCUT2D eigenvalue weighted by molar-refractivity contribution is -0.142. The SMILES string of the molecule is CC[C@H](C(=O)NC)N(Cc1ccc(OC)cc1)C(=O)COc1ccc(C)c(C)c1. The van der Waals surface area contributed by atoms with Gasteiger partial charge in [-0.1, -0.05) is 25.1 Å². The molecular formula is C23H30N2O4. The van der Waals surface area contributed by atoms with Crippen molar-refractivity contribution in [3.05, 3.63) is 59.2 Å². The predicted molar refractivity (Wildman–Crippen MR) is 113 cm³/mol. The third-order valence-corrected chi connectivity index (χ3v) is 4.98. The van der Waals surface area contributed by atoms with Crippen molar-refractivity contribution >= 4 is 11.8 Å². The van der Waals surface area contributed by atoms with Crippen molar-refractivity contribution in [3.8, 4) is 11.5 Å². The standard InChI is InChI=1S/C23H30N2O4/c1-6-21(23(27)24-4)25(14-18-8-11-19(28-5)12-9-18)22(26)15-29-20-10-7-16(2)17(3)13-20/h7-13,21H,6,14-15H2,1-5H3,(H,24,27)/t21-/m1/s1. The topological polar surface area (TPSA) is 67.9 Å². The summed E-state index contributed by atoms with van der Waals surface area (Å²) in [4.78, 5) is 27.0. The Bertz CT molecular complexity index is 833. The van der Waals surface area contributed by atoms with Crippen molar-refractivity contribution in [1.82, 2.24) is 10.2 Å². The molecule has 2 amide bonds. The summed E-state index contributed by atoms with van der Waals surface area (Å²) in [6.45, 7) is 6.09. The van der Waals surface area contributed by atoms with Crippen molar-refractivity contribution in [1.29, 1.82) is 0 Å². The second-order valence-corrected chi connectivity index (χ2v) is 6.94. The fourth-order valence-corrected chi connectivity index (χ4v) is 3.05. The van der Waals surface area contributed by atoms with Crippen LogP contribution in [-0.2, 0) is 16.1 Å². The maximum absolute atomic E-state index is 13.0. The van der Waals surface area contributed by atoms with E-state index in [-0.39, 0.29) is 18.4 Å². The minimum atomic E-state index is -0.571. The molecule has 0 aliphatic heterocycles. The van der Waals surface area contributed by atoms with Crippen LogP contribution in [0.1, 0.15) is 30.0 Å². The number of nitrogens with zero attached hydrogens (tertiary/aromatic N) is 1. The Balaban J connectivity index is 2.18. The average Bonchev–Trinajstić information content (AvgIpc) is 2.74. The van der Waals surface area contributed by atoms with E-state index < -0.39 is 6.04 Å². The van der Waals surface area contributed by atoms with Crippen LogP contribution in [0.5, 0.6) is 11.5 Å². The first kappa shape index (κ1) is 22.3. The number of aryl methyl sites for hydroxylation is 2. The van der Waals surface area contributed by atoms with Gasteiger partial charge < -0.3 is 19.7 Å². The van der Waals surface area contributed by atoms with Crippen LogP contribution in [0.4, 0.5) is 0 Å². The summed E-state index contributed by atoms with van der Waals surface area (Å²) in [5.74, 6) is 0.942. The molecule has 0 saturated carbocycles. The zero-order valence-electron chi connectivity index (χ0n) is 17.8.